The van der Waals surface area contributed by atoms with E-state index in [9.17, 15) is 0 Å². The lowest BCUT2D eigenvalue weighted by Gasteiger charge is -2.08. The van der Waals surface area contributed by atoms with Crippen LogP contribution in [0.4, 0.5) is 0 Å². The molecule has 4 rings (SSSR count). The summed E-state index contributed by atoms with van der Waals surface area (Å²) in [6, 6.07) is 0. The SMILES string of the molecule is CCC1=C(CC)/C(=C/c2[nH]c(-c3[nH]cc(CC)c3CC)c(CC)c2CC)N=C1c1[nH]cc(CC)c1CC. The van der Waals surface area contributed by atoms with Crippen LogP contribution in [0.15, 0.2) is 34.2 Å². The number of aromatic nitrogens is 3. The van der Waals surface area contributed by atoms with Gasteiger partial charge >= 0.3 is 0 Å². The molecule has 3 aromatic heterocycles. The van der Waals surface area contributed by atoms with Crippen molar-refractivity contribution in [3.63, 3.8) is 0 Å². The summed E-state index contributed by atoms with van der Waals surface area (Å²) in [6.45, 7) is 18.1. The van der Waals surface area contributed by atoms with Gasteiger partial charge in [0, 0.05) is 18.1 Å². The van der Waals surface area contributed by atoms with Crippen molar-refractivity contribution in [1.29, 1.82) is 0 Å². The predicted molar refractivity (Wildman–Crippen MR) is 160 cm³/mol. The molecule has 3 N–H and O–H groups in total. The van der Waals surface area contributed by atoms with E-state index in [1.54, 1.807) is 0 Å². The standard InChI is InChI=1S/C33H46N4/c1-9-20-18-34-30(22(20)11-3)32-26(15-7)24(13-5)28(36-32)17-29-25(14-6)27(16-8)33(37-29)31-23(12-4)21(10-2)19-35-31/h17-19,34-36H,9-16H2,1-8H3/b29-17-. The van der Waals surface area contributed by atoms with Crippen molar-refractivity contribution >= 4 is 11.8 Å². The molecule has 0 radical (unpaired) electrons. The predicted octanol–water partition coefficient (Wildman–Crippen LogP) is 8.67. The average Bonchev–Trinajstić information content (AvgIpc) is 3.68. The summed E-state index contributed by atoms with van der Waals surface area (Å²) >= 11 is 0. The minimum atomic E-state index is 0.983. The third-order valence-corrected chi connectivity index (χ3v) is 8.25. The van der Waals surface area contributed by atoms with Crippen LogP contribution < -0.4 is 0 Å². The molecule has 1 aliphatic rings. The minimum Gasteiger partial charge on any atom is -0.359 e. The minimum absolute atomic E-state index is 0.983. The lowest BCUT2D eigenvalue weighted by Crippen LogP contribution is -2.06. The Morgan fingerprint density at radius 1 is 0.568 bits per heavy atom. The molecular weight excluding hydrogens is 452 g/mol. The number of hydrogen-bond acceptors (Lipinski definition) is 1. The van der Waals surface area contributed by atoms with Gasteiger partial charge in [0.05, 0.1) is 28.5 Å². The molecule has 4 nitrogen and oxygen atoms in total. The van der Waals surface area contributed by atoms with Crippen LogP contribution in [0, 0.1) is 0 Å². The average molecular weight is 499 g/mol. The van der Waals surface area contributed by atoms with Crippen LogP contribution >= 0.6 is 0 Å². The van der Waals surface area contributed by atoms with Crippen LogP contribution in [0.1, 0.15) is 113 Å². The number of nitrogens with zero attached hydrogens (tertiary/aromatic N) is 1. The number of allylic oxidation sites excluding steroid dienone is 2. The van der Waals surface area contributed by atoms with E-state index in [0.29, 0.717) is 0 Å². The quantitative estimate of drug-likeness (QED) is 0.237. The molecule has 37 heavy (non-hydrogen) atoms. The number of nitrogens with one attached hydrogen (secondary N) is 3. The second kappa shape index (κ2) is 11.6. The van der Waals surface area contributed by atoms with Gasteiger partial charge in [0.15, 0.2) is 0 Å². The number of aryl methyl sites for hydroxylation is 2. The molecule has 0 bridgehead atoms. The van der Waals surface area contributed by atoms with Gasteiger partial charge in [-0.25, -0.2) is 4.99 Å². The molecule has 0 amide bonds. The molecule has 0 fully saturated rings. The lowest BCUT2D eigenvalue weighted by atomic mass is 9.95. The first-order chi connectivity index (χ1) is 18.0. The van der Waals surface area contributed by atoms with Crippen molar-refractivity contribution in [2.75, 3.05) is 0 Å². The van der Waals surface area contributed by atoms with Crippen molar-refractivity contribution < 1.29 is 0 Å². The summed E-state index contributed by atoms with van der Waals surface area (Å²) in [6.07, 6.45) is 14.8. The van der Waals surface area contributed by atoms with Gasteiger partial charge < -0.3 is 15.0 Å². The first-order valence-corrected chi connectivity index (χ1v) is 14.7. The van der Waals surface area contributed by atoms with E-state index < -0.39 is 0 Å². The summed E-state index contributed by atoms with van der Waals surface area (Å²) in [5.41, 5.74) is 18.5. The molecule has 0 aromatic carbocycles. The van der Waals surface area contributed by atoms with E-state index in [0.717, 1.165) is 62.8 Å². The molecule has 0 saturated heterocycles. The summed E-state index contributed by atoms with van der Waals surface area (Å²) in [7, 11) is 0. The highest BCUT2D eigenvalue weighted by molar-refractivity contribution is 6.16. The Bertz CT molecular complexity index is 1350. The van der Waals surface area contributed by atoms with Crippen LogP contribution in [0.25, 0.3) is 17.5 Å². The molecule has 0 unspecified atom stereocenters. The van der Waals surface area contributed by atoms with E-state index in [1.165, 1.54) is 67.3 Å². The fourth-order valence-electron chi connectivity index (χ4n) is 6.38. The summed E-state index contributed by atoms with van der Waals surface area (Å²) < 4.78 is 0. The van der Waals surface area contributed by atoms with Crippen molar-refractivity contribution in [2.24, 2.45) is 4.99 Å². The highest BCUT2D eigenvalue weighted by Gasteiger charge is 2.27. The maximum Gasteiger partial charge on any atom is 0.0909 e. The Labute approximate surface area is 223 Å². The van der Waals surface area contributed by atoms with E-state index in [-0.39, 0.29) is 0 Å². The molecule has 4 heterocycles. The van der Waals surface area contributed by atoms with Crippen molar-refractivity contribution in [3.8, 4) is 11.4 Å². The van der Waals surface area contributed by atoms with Crippen LogP contribution in [-0.4, -0.2) is 20.7 Å². The van der Waals surface area contributed by atoms with Gasteiger partial charge in [-0.05, 0) is 102 Å². The van der Waals surface area contributed by atoms with E-state index in [2.05, 4.69) is 88.8 Å². The van der Waals surface area contributed by atoms with E-state index >= 15 is 0 Å². The summed E-state index contributed by atoms with van der Waals surface area (Å²) in [4.78, 5) is 16.4. The zero-order chi connectivity index (χ0) is 26.7. The highest BCUT2D eigenvalue weighted by atomic mass is 14.9. The topological polar surface area (TPSA) is 59.7 Å². The van der Waals surface area contributed by atoms with Crippen molar-refractivity contribution in [3.05, 3.63) is 74.0 Å². The van der Waals surface area contributed by atoms with Crippen LogP contribution in [0.3, 0.4) is 0 Å². The Hall–Kier alpha value is -3.01. The first kappa shape index (κ1) is 27.0. The number of hydrogen-bond donors (Lipinski definition) is 3. The van der Waals surface area contributed by atoms with E-state index in [1.807, 2.05) is 0 Å². The molecule has 0 aliphatic carbocycles. The van der Waals surface area contributed by atoms with Gasteiger partial charge in [-0.3, -0.25) is 0 Å². The molecule has 198 valence electrons. The Morgan fingerprint density at radius 3 is 1.62 bits per heavy atom. The number of rotatable bonds is 11. The number of aliphatic imine (C=N–C) groups is 1. The molecule has 1 aliphatic heterocycles. The van der Waals surface area contributed by atoms with Crippen molar-refractivity contribution in [1.82, 2.24) is 15.0 Å². The number of H-pyrrole nitrogens is 3. The fourth-order valence-corrected chi connectivity index (χ4v) is 6.38. The number of aromatic amines is 3. The van der Waals surface area contributed by atoms with E-state index in [4.69, 9.17) is 4.99 Å². The van der Waals surface area contributed by atoms with Crippen LogP contribution in [0.5, 0.6) is 0 Å². The van der Waals surface area contributed by atoms with Crippen molar-refractivity contribution in [2.45, 2.75) is 107 Å². The molecule has 4 heteroatoms. The maximum absolute atomic E-state index is 5.32. The van der Waals surface area contributed by atoms with Gasteiger partial charge in [-0.1, -0.05) is 55.4 Å². The van der Waals surface area contributed by atoms with Crippen LogP contribution in [0.2, 0.25) is 0 Å². The highest BCUT2D eigenvalue weighted by Crippen LogP contribution is 2.38. The fraction of sp³-hybridized carbons (Fsp3) is 0.485. The molecule has 0 atom stereocenters. The first-order valence-electron chi connectivity index (χ1n) is 14.7. The van der Waals surface area contributed by atoms with Gasteiger partial charge in [0.2, 0.25) is 0 Å². The second-order valence-corrected chi connectivity index (χ2v) is 9.98. The zero-order valence-corrected chi connectivity index (χ0v) is 24.3. The van der Waals surface area contributed by atoms with Gasteiger partial charge in [0.25, 0.3) is 0 Å². The maximum atomic E-state index is 5.32. The van der Waals surface area contributed by atoms with Gasteiger partial charge in [-0.15, -0.1) is 0 Å². The Morgan fingerprint density at radius 2 is 1.11 bits per heavy atom. The zero-order valence-electron chi connectivity index (χ0n) is 24.3. The normalized spacial score (nSPS) is 14.9. The Kier molecular flexibility index (Phi) is 8.46. The van der Waals surface area contributed by atoms with Gasteiger partial charge in [-0.2, -0.15) is 0 Å². The van der Waals surface area contributed by atoms with Crippen LogP contribution in [-0.2, 0) is 38.5 Å². The summed E-state index contributed by atoms with van der Waals surface area (Å²) in [5, 5.41) is 0. The third-order valence-electron chi connectivity index (χ3n) is 8.25. The largest absolute Gasteiger partial charge is 0.359 e. The third kappa shape index (κ3) is 4.60. The summed E-state index contributed by atoms with van der Waals surface area (Å²) in [5.74, 6) is 0. The lowest BCUT2D eigenvalue weighted by molar-refractivity contribution is 1.04. The monoisotopic (exact) mass is 498 g/mol. The molecular formula is C33H46N4. The molecule has 3 aromatic rings. The second-order valence-electron chi connectivity index (χ2n) is 9.98. The molecule has 0 saturated carbocycles. The Balaban J connectivity index is 1.90. The molecule has 0 spiro atoms. The smallest absolute Gasteiger partial charge is 0.0909 e. The van der Waals surface area contributed by atoms with Gasteiger partial charge in [0.1, 0.15) is 0 Å².